The van der Waals surface area contributed by atoms with Gasteiger partial charge in [0.05, 0.1) is 37.3 Å². The molecule has 0 saturated carbocycles. The first-order valence-corrected chi connectivity index (χ1v) is 6.81. The zero-order valence-electron chi connectivity index (χ0n) is 11.2. The minimum absolute atomic E-state index is 0.0694. The van der Waals surface area contributed by atoms with E-state index in [-0.39, 0.29) is 23.7 Å². The van der Waals surface area contributed by atoms with Crippen molar-refractivity contribution in [2.75, 3.05) is 19.8 Å². The van der Waals surface area contributed by atoms with Gasteiger partial charge < -0.3 is 25.2 Å². The number of rotatable bonds is 3. The van der Waals surface area contributed by atoms with Gasteiger partial charge in [-0.1, -0.05) is 0 Å². The van der Waals surface area contributed by atoms with Gasteiger partial charge in [-0.2, -0.15) is 0 Å². The Morgan fingerprint density at radius 3 is 2.85 bits per heavy atom. The van der Waals surface area contributed by atoms with Gasteiger partial charge >= 0.3 is 5.97 Å². The van der Waals surface area contributed by atoms with E-state index in [9.17, 15) is 19.8 Å². The van der Waals surface area contributed by atoms with Crippen molar-refractivity contribution >= 4 is 11.9 Å². The van der Waals surface area contributed by atoms with E-state index in [1.165, 1.54) is 4.90 Å². The maximum absolute atomic E-state index is 12.0. The Bertz CT molecular complexity index is 481. The van der Waals surface area contributed by atoms with Crippen LogP contribution in [0.1, 0.15) is 13.3 Å². The molecular formula is C13H18N2O5. The van der Waals surface area contributed by atoms with E-state index < -0.39 is 18.0 Å². The number of nitrogens with one attached hydrogen (secondary N) is 1. The third-order valence-electron chi connectivity index (χ3n) is 4.31. The largest absolute Gasteiger partial charge is 0.477 e. The molecule has 0 aromatic rings. The highest BCUT2D eigenvalue weighted by Gasteiger charge is 2.57. The number of morpholine rings is 1. The van der Waals surface area contributed by atoms with Crippen molar-refractivity contribution in [3.8, 4) is 0 Å². The van der Waals surface area contributed by atoms with E-state index in [0.29, 0.717) is 31.8 Å². The molecule has 3 rings (SSSR count). The van der Waals surface area contributed by atoms with Crippen LogP contribution in [-0.4, -0.2) is 64.9 Å². The predicted octanol–water partition coefficient (Wildman–Crippen LogP) is -1.07. The average Bonchev–Trinajstić information content (AvgIpc) is 2.74. The van der Waals surface area contributed by atoms with Crippen molar-refractivity contribution in [1.82, 2.24) is 10.2 Å². The summed E-state index contributed by atoms with van der Waals surface area (Å²) in [6, 6.07) is -0.393. The first kappa shape index (κ1) is 13.5. The topological polar surface area (TPSA) is 99.1 Å². The van der Waals surface area contributed by atoms with Crippen LogP contribution in [0, 0.1) is 5.92 Å². The number of aliphatic hydroxyl groups is 1. The van der Waals surface area contributed by atoms with E-state index in [2.05, 4.69) is 5.32 Å². The number of β-lactam (4-membered cyclic amide) rings is 1. The lowest BCUT2D eigenvalue weighted by molar-refractivity contribution is -0.161. The summed E-state index contributed by atoms with van der Waals surface area (Å²) in [6.45, 7) is 3.26. The molecule has 1 amide bonds. The maximum Gasteiger partial charge on any atom is 0.352 e. The summed E-state index contributed by atoms with van der Waals surface area (Å²) in [5.41, 5.74) is 0.776. The number of carboxylic acids is 1. The molecule has 0 spiro atoms. The Hall–Kier alpha value is -1.44. The minimum Gasteiger partial charge on any atom is -0.477 e. The van der Waals surface area contributed by atoms with Crippen molar-refractivity contribution in [2.24, 2.45) is 5.92 Å². The van der Waals surface area contributed by atoms with Gasteiger partial charge in [-0.05, 0) is 18.9 Å². The van der Waals surface area contributed by atoms with Gasteiger partial charge in [-0.3, -0.25) is 4.79 Å². The number of nitrogens with zero attached hydrogens (tertiary/aromatic N) is 1. The van der Waals surface area contributed by atoms with Crippen molar-refractivity contribution in [3.63, 3.8) is 0 Å². The maximum atomic E-state index is 12.0. The van der Waals surface area contributed by atoms with Crippen LogP contribution in [-0.2, 0) is 14.3 Å². The summed E-state index contributed by atoms with van der Waals surface area (Å²) in [7, 11) is 0. The van der Waals surface area contributed by atoms with Gasteiger partial charge in [-0.25, -0.2) is 4.79 Å². The number of fused-ring (bicyclic) bond motifs is 1. The van der Waals surface area contributed by atoms with Gasteiger partial charge in [-0.15, -0.1) is 0 Å². The number of ether oxygens (including phenoxy) is 1. The molecule has 20 heavy (non-hydrogen) atoms. The Balaban J connectivity index is 1.89. The lowest BCUT2D eigenvalue weighted by Gasteiger charge is -2.44. The molecule has 7 heteroatoms. The first-order valence-electron chi connectivity index (χ1n) is 6.81. The second-order valence-electron chi connectivity index (χ2n) is 5.51. The SMILES string of the molecule is C[C@@H](O)[C@H]1C(=O)N2C(C(=O)O)=C([C@@H]3COCCN3)C[C@H]12. The summed E-state index contributed by atoms with van der Waals surface area (Å²) in [6.07, 6.45) is -0.266. The standard InChI is InChI=1S/C13H18N2O5/c1-6(16)10-9-4-7(8-5-20-3-2-14-8)11(13(18)19)15(9)12(10)17/h6,8-10,14,16H,2-5H2,1H3,(H,18,19)/t6-,8+,9-,10-/m1/s1. The fourth-order valence-electron chi connectivity index (χ4n) is 3.40. The van der Waals surface area contributed by atoms with Gasteiger partial charge in [0, 0.05) is 6.54 Å². The molecule has 3 aliphatic rings. The van der Waals surface area contributed by atoms with Crippen LogP contribution < -0.4 is 5.32 Å². The van der Waals surface area contributed by atoms with Crippen molar-refractivity contribution in [3.05, 3.63) is 11.3 Å². The normalized spacial score (nSPS) is 34.8. The Labute approximate surface area is 116 Å². The van der Waals surface area contributed by atoms with Crippen LogP contribution in [0.15, 0.2) is 11.3 Å². The van der Waals surface area contributed by atoms with E-state index in [0.717, 1.165) is 0 Å². The molecule has 3 heterocycles. The molecule has 7 nitrogen and oxygen atoms in total. The summed E-state index contributed by atoms with van der Waals surface area (Å²) < 4.78 is 5.37. The number of carbonyl (C=O) groups excluding carboxylic acids is 1. The zero-order chi connectivity index (χ0) is 14.4. The van der Waals surface area contributed by atoms with Crippen molar-refractivity contribution in [2.45, 2.75) is 31.5 Å². The van der Waals surface area contributed by atoms with Gasteiger partial charge in [0.25, 0.3) is 0 Å². The second kappa shape index (κ2) is 4.83. The highest BCUT2D eigenvalue weighted by atomic mass is 16.5. The molecule has 0 aliphatic carbocycles. The summed E-state index contributed by atoms with van der Waals surface area (Å²) in [5, 5.41) is 22.3. The van der Waals surface area contributed by atoms with Crippen LogP contribution in [0.5, 0.6) is 0 Å². The Morgan fingerprint density at radius 1 is 1.55 bits per heavy atom. The van der Waals surface area contributed by atoms with Gasteiger partial charge in [0.2, 0.25) is 5.91 Å². The number of hydrogen-bond donors (Lipinski definition) is 3. The predicted molar refractivity (Wildman–Crippen MR) is 67.7 cm³/mol. The molecular weight excluding hydrogens is 264 g/mol. The van der Waals surface area contributed by atoms with Crippen LogP contribution in [0.2, 0.25) is 0 Å². The summed E-state index contributed by atoms with van der Waals surface area (Å²) >= 11 is 0. The number of amides is 1. The molecule has 3 aliphatic heterocycles. The second-order valence-corrected chi connectivity index (χ2v) is 5.51. The van der Waals surface area contributed by atoms with Crippen LogP contribution in [0.25, 0.3) is 0 Å². The lowest BCUT2D eigenvalue weighted by atomic mass is 9.82. The van der Waals surface area contributed by atoms with Crippen LogP contribution in [0.4, 0.5) is 0 Å². The quantitative estimate of drug-likeness (QED) is 0.570. The molecule has 110 valence electrons. The van der Waals surface area contributed by atoms with Gasteiger partial charge in [0.1, 0.15) is 5.70 Å². The lowest BCUT2D eigenvalue weighted by Crippen LogP contribution is -2.61. The highest BCUT2D eigenvalue weighted by Crippen LogP contribution is 2.44. The monoisotopic (exact) mass is 282 g/mol. The molecule has 2 fully saturated rings. The van der Waals surface area contributed by atoms with Crippen LogP contribution in [0.3, 0.4) is 0 Å². The van der Waals surface area contributed by atoms with Gasteiger partial charge in [0.15, 0.2) is 0 Å². The zero-order valence-corrected chi connectivity index (χ0v) is 11.2. The minimum atomic E-state index is -1.09. The van der Waals surface area contributed by atoms with E-state index in [1.807, 2.05) is 0 Å². The fraction of sp³-hybridized carbons (Fsp3) is 0.692. The molecule has 0 radical (unpaired) electrons. The smallest absolute Gasteiger partial charge is 0.352 e. The van der Waals surface area contributed by atoms with Crippen LogP contribution >= 0.6 is 0 Å². The molecule has 0 aromatic heterocycles. The third-order valence-corrected chi connectivity index (χ3v) is 4.31. The van der Waals surface area contributed by atoms with Crippen molar-refractivity contribution in [1.29, 1.82) is 0 Å². The molecule has 0 bridgehead atoms. The number of aliphatic hydroxyl groups excluding tert-OH is 1. The number of carboxylic acid groups (broad SMARTS) is 1. The third kappa shape index (κ3) is 1.85. The van der Waals surface area contributed by atoms with E-state index in [4.69, 9.17) is 4.74 Å². The summed E-state index contributed by atoms with van der Waals surface area (Å²) in [5.74, 6) is -1.88. The fourth-order valence-corrected chi connectivity index (χ4v) is 3.40. The molecule has 4 atom stereocenters. The molecule has 0 unspecified atom stereocenters. The number of aliphatic carboxylic acids is 1. The average molecular weight is 282 g/mol. The molecule has 3 N–H and O–H groups in total. The molecule has 0 aromatic carbocycles. The summed E-state index contributed by atoms with van der Waals surface area (Å²) in [4.78, 5) is 24.9. The highest BCUT2D eigenvalue weighted by molar-refractivity contribution is 5.99. The Kier molecular flexibility index (Phi) is 3.27. The number of hydrogen-bond acceptors (Lipinski definition) is 5. The number of carbonyl (C=O) groups is 2. The van der Waals surface area contributed by atoms with Crippen molar-refractivity contribution < 1.29 is 24.5 Å². The van der Waals surface area contributed by atoms with E-state index >= 15 is 0 Å². The Morgan fingerprint density at radius 2 is 2.30 bits per heavy atom. The van der Waals surface area contributed by atoms with E-state index in [1.54, 1.807) is 6.92 Å². The first-order chi connectivity index (χ1) is 9.52. The molecule has 2 saturated heterocycles.